The number of benzene rings is 1. The highest BCUT2D eigenvalue weighted by molar-refractivity contribution is 6.02. The number of carbonyl (C=O) groups excluding carboxylic acids is 2. The van der Waals surface area contributed by atoms with Crippen molar-refractivity contribution >= 4 is 11.7 Å². The lowest BCUT2D eigenvalue weighted by Crippen LogP contribution is -2.37. The summed E-state index contributed by atoms with van der Waals surface area (Å²) in [7, 11) is 5.81. The highest BCUT2D eigenvalue weighted by Crippen LogP contribution is 2.26. The number of aromatic nitrogens is 1. The first-order valence-corrected chi connectivity index (χ1v) is 8.41. The van der Waals surface area contributed by atoms with Crippen LogP contribution in [0.25, 0.3) is 0 Å². The second-order valence-corrected chi connectivity index (χ2v) is 6.79. The Kier molecular flexibility index (Phi) is 5.80. The summed E-state index contributed by atoms with van der Waals surface area (Å²) in [5.74, 6) is -0.135. The number of nitrogens with one attached hydrogen (secondary N) is 1. The normalized spacial score (nSPS) is 12.3. The number of aromatic amines is 1. The van der Waals surface area contributed by atoms with E-state index in [0.29, 0.717) is 17.8 Å². The minimum absolute atomic E-state index is 0.0600. The third-order valence-electron chi connectivity index (χ3n) is 4.51. The van der Waals surface area contributed by atoms with E-state index in [4.69, 9.17) is 0 Å². The van der Waals surface area contributed by atoms with Crippen molar-refractivity contribution in [1.82, 2.24) is 14.8 Å². The van der Waals surface area contributed by atoms with Gasteiger partial charge in [-0.3, -0.25) is 9.59 Å². The first-order chi connectivity index (χ1) is 11.7. The van der Waals surface area contributed by atoms with Crippen LogP contribution < -0.4 is 0 Å². The van der Waals surface area contributed by atoms with Gasteiger partial charge in [-0.1, -0.05) is 30.3 Å². The molecule has 0 saturated heterocycles. The number of nitrogens with zero attached hydrogens (tertiary/aromatic N) is 2. The number of likely N-dealkylation sites (N-methyl/N-ethyl adjacent to an activating group) is 2. The first kappa shape index (κ1) is 18.9. The van der Waals surface area contributed by atoms with Gasteiger partial charge in [0.1, 0.15) is 0 Å². The second kappa shape index (κ2) is 7.66. The third kappa shape index (κ3) is 3.99. The second-order valence-electron chi connectivity index (χ2n) is 6.79. The van der Waals surface area contributed by atoms with E-state index >= 15 is 0 Å². The standard InChI is InChI=1S/C20H27N3O2/c1-13-18(14(2)21-19(13)15(3)24)20(25)23(6)17(12-22(4)5)16-10-8-7-9-11-16/h7-11,17,21H,12H2,1-6H3. The maximum Gasteiger partial charge on any atom is 0.256 e. The molecule has 1 amide bonds. The fourth-order valence-electron chi connectivity index (χ4n) is 3.21. The van der Waals surface area contributed by atoms with Crippen molar-refractivity contribution in [3.8, 4) is 0 Å². The zero-order valence-electron chi connectivity index (χ0n) is 15.9. The van der Waals surface area contributed by atoms with Crippen LogP contribution in [0.2, 0.25) is 0 Å². The number of amides is 1. The van der Waals surface area contributed by atoms with Gasteiger partial charge in [0.2, 0.25) is 0 Å². The third-order valence-corrected chi connectivity index (χ3v) is 4.51. The van der Waals surface area contributed by atoms with Gasteiger partial charge < -0.3 is 14.8 Å². The molecule has 1 heterocycles. The predicted octanol–water partition coefficient (Wildman–Crippen LogP) is 3.21. The Balaban J connectivity index is 2.41. The van der Waals surface area contributed by atoms with E-state index in [0.717, 1.165) is 16.8 Å². The molecule has 0 aliphatic carbocycles. The molecule has 25 heavy (non-hydrogen) atoms. The maximum atomic E-state index is 13.2. The number of hydrogen-bond donors (Lipinski definition) is 1. The average molecular weight is 341 g/mol. The van der Waals surface area contributed by atoms with Gasteiger partial charge in [-0.2, -0.15) is 0 Å². The lowest BCUT2D eigenvalue weighted by atomic mass is 10.0. The van der Waals surface area contributed by atoms with Crippen LogP contribution in [0.3, 0.4) is 0 Å². The van der Waals surface area contributed by atoms with E-state index in [1.165, 1.54) is 6.92 Å². The molecule has 0 spiro atoms. The van der Waals surface area contributed by atoms with Crippen LogP contribution in [0.5, 0.6) is 0 Å². The number of aryl methyl sites for hydroxylation is 1. The van der Waals surface area contributed by atoms with E-state index in [-0.39, 0.29) is 17.7 Å². The van der Waals surface area contributed by atoms with Crippen molar-refractivity contribution in [3.05, 3.63) is 58.4 Å². The molecular weight excluding hydrogens is 314 g/mol. The zero-order chi connectivity index (χ0) is 18.7. The molecule has 0 fully saturated rings. The van der Waals surface area contributed by atoms with Gasteiger partial charge in [0.15, 0.2) is 5.78 Å². The summed E-state index contributed by atoms with van der Waals surface area (Å²) in [6.07, 6.45) is 0. The summed E-state index contributed by atoms with van der Waals surface area (Å²) < 4.78 is 0. The van der Waals surface area contributed by atoms with E-state index in [1.54, 1.807) is 4.90 Å². The molecule has 5 heteroatoms. The van der Waals surface area contributed by atoms with Crippen molar-refractivity contribution < 1.29 is 9.59 Å². The molecule has 134 valence electrons. The van der Waals surface area contributed by atoms with Crippen LogP contribution in [0.4, 0.5) is 0 Å². The number of rotatable bonds is 6. The van der Waals surface area contributed by atoms with E-state index < -0.39 is 0 Å². The molecular formula is C20H27N3O2. The van der Waals surface area contributed by atoms with Gasteiger partial charge in [0.05, 0.1) is 17.3 Å². The van der Waals surface area contributed by atoms with Crippen molar-refractivity contribution in [1.29, 1.82) is 0 Å². The maximum absolute atomic E-state index is 13.2. The summed E-state index contributed by atoms with van der Waals surface area (Å²) in [4.78, 5) is 31.9. The van der Waals surface area contributed by atoms with Gasteiger partial charge in [0.25, 0.3) is 5.91 Å². The molecule has 1 aromatic carbocycles. The van der Waals surface area contributed by atoms with Gasteiger partial charge in [0, 0.05) is 26.2 Å². The van der Waals surface area contributed by atoms with Gasteiger partial charge in [-0.15, -0.1) is 0 Å². The van der Waals surface area contributed by atoms with Gasteiger partial charge in [-0.05, 0) is 39.1 Å². The molecule has 1 atom stereocenters. The van der Waals surface area contributed by atoms with Gasteiger partial charge in [-0.25, -0.2) is 0 Å². The fraction of sp³-hybridized carbons (Fsp3) is 0.400. The number of ketones is 1. The lowest BCUT2D eigenvalue weighted by Gasteiger charge is -2.31. The number of H-pyrrole nitrogens is 1. The molecule has 0 saturated carbocycles. The van der Waals surface area contributed by atoms with Crippen molar-refractivity contribution in [3.63, 3.8) is 0 Å². The van der Waals surface area contributed by atoms with Crippen molar-refractivity contribution in [2.75, 3.05) is 27.7 Å². The predicted molar refractivity (Wildman–Crippen MR) is 100 cm³/mol. The Bertz CT molecular complexity index is 763. The van der Waals surface area contributed by atoms with Crippen molar-refractivity contribution in [2.24, 2.45) is 0 Å². The highest BCUT2D eigenvalue weighted by atomic mass is 16.2. The molecule has 2 rings (SSSR count). The summed E-state index contributed by atoms with van der Waals surface area (Å²) in [5, 5.41) is 0. The highest BCUT2D eigenvalue weighted by Gasteiger charge is 2.28. The molecule has 5 nitrogen and oxygen atoms in total. The van der Waals surface area contributed by atoms with E-state index in [1.807, 2.05) is 65.3 Å². The summed E-state index contributed by atoms with van der Waals surface area (Å²) >= 11 is 0. The molecule has 1 aromatic heterocycles. The number of Topliss-reactive ketones (excluding diaryl/α,β-unsaturated/α-hetero) is 1. The summed E-state index contributed by atoms with van der Waals surface area (Å²) in [6, 6.07) is 9.94. The Labute approximate surface area is 149 Å². The van der Waals surface area contributed by atoms with Crippen LogP contribution >= 0.6 is 0 Å². The monoisotopic (exact) mass is 341 g/mol. The molecule has 1 N–H and O–H groups in total. The zero-order valence-corrected chi connectivity index (χ0v) is 15.9. The Morgan fingerprint density at radius 2 is 1.68 bits per heavy atom. The minimum Gasteiger partial charge on any atom is -0.355 e. The first-order valence-electron chi connectivity index (χ1n) is 8.41. The van der Waals surface area contributed by atoms with Crippen molar-refractivity contribution in [2.45, 2.75) is 26.8 Å². The van der Waals surface area contributed by atoms with E-state index in [2.05, 4.69) is 9.88 Å². The topological polar surface area (TPSA) is 56.4 Å². The quantitative estimate of drug-likeness (QED) is 0.821. The van der Waals surface area contributed by atoms with Crippen LogP contribution in [0.15, 0.2) is 30.3 Å². The molecule has 1 unspecified atom stereocenters. The van der Waals surface area contributed by atoms with Crippen LogP contribution in [0, 0.1) is 13.8 Å². The van der Waals surface area contributed by atoms with Gasteiger partial charge >= 0.3 is 0 Å². The largest absolute Gasteiger partial charge is 0.355 e. The summed E-state index contributed by atoms with van der Waals surface area (Å²) in [6.45, 7) is 5.89. The lowest BCUT2D eigenvalue weighted by molar-refractivity contribution is 0.0704. The Morgan fingerprint density at radius 1 is 1.08 bits per heavy atom. The van der Waals surface area contributed by atoms with E-state index in [9.17, 15) is 9.59 Å². The average Bonchev–Trinajstić information content (AvgIpc) is 2.87. The SMILES string of the molecule is CC(=O)c1[nH]c(C)c(C(=O)N(C)C(CN(C)C)c2ccccc2)c1C. The van der Waals surface area contributed by atoms with Crippen LogP contribution in [-0.2, 0) is 0 Å². The van der Waals surface area contributed by atoms with Crippen LogP contribution in [0.1, 0.15) is 50.6 Å². The molecule has 0 aliphatic heterocycles. The fourth-order valence-corrected chi connectivity index (χ4v) is 3.21. The minimum atomic E-state index is -0.0746. The summed E-state index contributed by atoms with van der Waals surface area (Å²) in [5.41, 5.74) is 3.64. The molecule has 2 aromatic rings. The smallest absolute Gasteiger partial charge is 0.256 e. The number of carbonyl (C=O) groups is 2. The van der Waals surface area contributed by atoms with Crippen LogP contribution in [-0.4, -0.2) is 54.2 Å². The molecule has 0 aliphatic rings. The number of hydrogen-bond acceptors (Lipinski definition) is 3. The molecule has 0 radical (unpaired) electrons. The Hall–Kier alpha value is -2.40. The molecule has 0 bridgehead atoms. The Morgan fingerprint density at radius 3 is 2.16 bits per heavy atom.